The molecule has 124 valence electrons. The van der Waals surface area contributed by atoms with Crippen LogP contribution in [0.1, 0.15) is 25.7 Å². The molecule has 2 aliphatic heterocycles. The van der Waals surface area contributed by atoms with Gasteiger partial charge in [-0.3, -0.25) is 4.79 Å². The molecule has 0 saturated carbocycles. The highest BCUT2D eigenvalue weighted by Crippen LogP contribution is 2.37. The van der Waals surface area contributed by atoms with Crippen molar-refractivity contribution in [2.75, 3.05) is 0 Å². The number of fused-ring (bicyclic) bond motifs is 3. The van der Waals surface area contributed by atoms with Crippen LogP contribution in [0.5, 0.6) is 5.75 Å². The summed E-state index contributed by atoms with van der Waals surface area (Å²) in [7, 11) is 0. The first-order valence-electron chi connectivity index (χ1n) is 8.17. The van der Waals surface area contributed by atoms with Crippen molar-refractivity contribution in [2.45, 2.75) is 43.9 Å². The first kappa shape index (κ1) is 15.4. The van der Waals surface area contributed by atoms with Gasteiger partial charge in [0.2, 0.25) is 5.91 Å². The summed E-state index contributed by atoms with van der Waals surface area (Å²) in [5.41, 5.74) is 0.800. The smallest absolute Gasteiger partial charge is 0.246 e. The van der Waals surface area contributed by atoms with Crippen molar-refractivity contribution < 1.29 is 9.53 Å². The number of benzene rings is 1. The number of aromatic nitrogens is 2. The lowest BCUT2D eigenvalue weighted by molar-refractivity contribution is -0.131. The van der Waals surface area contributed by atoms with E-state index in [-0.39, 0.29) is 24.1 Å². The molecule has 0 spiro atoms. The van der Waals surface area contributed by atoms with Gasteiger partial charge in [-0.05, 0) is 37.1 Å². The second kappa shape index (κ2) is 6.06. The van der Waals surface area contributed by atoms with Crippen LogP contribution in [-0.4, -0.2) is 39.0 Å². The Morgan fingerprint density at radius 3 is 2.75 bits per heavy atom. The van der Waals surface area contributed by atoms with Gasteiger partial charge in [0.05, 0.1) is 5.52 Å². The lowest BCUT2D eigenvalue weighted by atomic mass is 9.99. The number of halogens is 1. The summed E-state index contributed by atoms with van der Waals surface area (Å²) in [6.07, 6.45) is 6.77. The Kier molecular flexibility index (Phi) is 3.88. The largest absolute Gasteiger partial charge is 0.490 e. The van der Waals surface area contributed by atoms with E-state index in [0.29, 0.717) is 5.15 Å². The fourth-order valence-corrected chi connectivity index (χ4v) is 4.15. The van der Waals surface area contributed by atoms with Gasteiger partial charge in [-0.15, -0.1) is 0 Å². The van der Waals surface area contributed by atoms with E-state index in [9.17, 15) is 4.79 Å². The van der Waals surface area contributed by atoms with Gasteiger partial charge in [0.15, 0.2) is 0 Å². The highest BCUT2D eigenvalue weighted by atomic mass is 35.5. The molecule has 2 unspecified atom stereocenters. The van der Waals surface area contributed by atoms with Gasteiger partial charge in [-0.25, -0.2) is 9.97 Å². The predicted octanol–water partition coefficient (Wildman–Crippen LogP) is 3.37. The van der Waals surface area contributed by atoms with Crippen LogP contribution < -0.4 is 4.74 Å². The first-order valence-corrected chi connectivity index (χ1v) is 8.55. The lowest BCUT2D eigenvalue weighted by Crippen LogP contribution is -2.48. The molecule has 1 amide bonds. The third-order valence-corrected chi connectivity index (χ3v) is 5.28. The molecular weight excluding hydrogens is 326 g/mol. The van der Waals surface area contributed by atoms with E-state index in [1.54, 1.807) is 0 Å². The average Bonchev–Trinajstić information content (AvgIpc) is 2.86. The molecule has 24 heavy (non-hydrogen) atoms. The number of hydrogen-bond donors (Lipinski definition) is 0. The van der Waals surface area contributed by atoms with Gasteiger partial charge in [-0.1, -0.05) is 18.2 Å². The molecule has 1 aromatic carbocycles. The second-order valence-electron chi connectivity index (χ2n) is 6.39. The first-order chi connectivity index (χ1) is 11.7. The van der Waals surface area contributed by atoms with Crippen LogP contribution in [0.4, 0.5) is 0 Å². The molecule has 3 heterocycles. The number of carbonyl (C=O) groups excluding carboxylic acids is 1. The van der Waals surface area contributed by atoms with Crippen LogP contribution in [0.25, 0.3) is 10.9 Å². The SMILES string of the molecule is C=CC(=O)N1C2CCC1CC(Oc1ccc3ncnc(Cl)c3c1)C2. The molecule has 2 saturated heterocycles. The minimum absolute atomic E-state index is 0.0376. The van der Waals surface area contributed by atoms with Gasteiger partial charge >= 0.3 is 0 Å². The maximum atomic E-state index is 12.0. The predicted molar refractivity (Wildman–Crippen MR) is 92.1 cm³/mol. The Bertz CT molecular complexity index is 796. The summed E-state index contributed by atoms with van der Waals surface area (Å²) < 4.78 is 6.18. The topological polar surface area (TPSA) is 55.3 Å². The van der Waals surface area contributed by atoms with Crippen molar-refractivity contribution in [3.8, 4) is 5.75 Å². The number of ether oxygens (including phenoxy) is 1. The van der Waals surface area contributed by atoms with Crippen LogP contribution in [0.3, 0.4) is 0 Å². The van der Waals surface area contributed by atoms with E-state index in [4.69, 9.17) is 16.3 Å². The quantitative estimate of drug-likeness (QED) is 0.633. The molecule has 0 radical (unpaired) electrons. The number of piperidine rings is 1. The normalized spacial score (nSPS) is 25.7. The molecule has 2 aliphatic rings. The van der Waals surface area contributed by atoms with Crippen molar-refractivity contribution in [1.29, 1.82) is 0 Å². The van der Waals surface area contributed by atoms with Gasteiger partial charge in [0.25, 0.3) is 0 Å². The molecule has 6 heteroatoms. The molecule has 5 nitrogen and oxygen atoms in total. The van der Waals surface area contributed by atoms with E-state index in [1.807, 2.05) is 23.1 Å². The number of carbonyl (C=O) groups is 1. The minimum Gasteiger partial charge on any atom is -0.490 e. The van der Waals surface area contributed by atoms with Gasteiger partial charge in [-0.2, -0.15) is 0 Å². The Morgan fingerprint density at radius 1 is 1.29 bits per heavy atom. The van der Waals surface area contributed by atoms with E-state index < -0.39 is 0 Å². The van der Waals surface area contributed by atoms with Crippen molar-refractivity contribution in [3.05, 3.63) is 42.3 Å². The molecule has 0 aliphatic carbocycles. The summed E-state index contributed by atoms with van der Waals surface area (Å²) in [5.74, 6) is 0.808. The number of nitrogens with zero attached hydrogens (tertiary/aromatic N) is 3. The Morgan fingerprint density at radius 2 is 2.04 bits per heavy atom. The van der Waals surface area contributed by atoms with E-state index in [2.05, 4.69) is 16.5 Å². The van der Waals surface area contributed by atoms with E-state index in [0.717, 1.165) is 42.3 Å². The van der Waals surface area contributed by atoms with Crippen molar-refractivity contribution in [1.82, 2.24) is 14.9 Å². The highest BCUT2D eigenvalue weighted by Gasteiger charge is 2.43. The zero-order valence-corrected chi connectivity index (χ0v) is 13.9. The Hall–Kier alpha value is -2.14. The zero-order valence-electron chi connectivity index (χ0n) is 13.2. The van der Waals surface area contributed by atoms with Crippen LogP contribution in [0, 0.1) is 0 Å². The highest BCUT2D eigenvalue weighted by molar-refractivity contribution is 6.34. The van der Waals surface area contributed by atoms with E-state index in [1.165, 1.54) is 12.4 Å². The average molecular weight is 344 g/mol. The summed E-state index contributed by atoms with van der Waals surface area (Å²) in [4.78, 5) is 22.2. The van der Waals surface area contributed by atoms with Gasteiger partial charge in [0, 0.05) is 30.3 Å². The summed E-state index contributed by atoms with van der Waals surface area (Å²) in [5, 5.41) is 1.22. The molecule has 2 atom stereocenters. The molecule has 0 N–H and O–H groups in total. The van der Waals surface area contributed by atoms with E-state index >= 15 is 0 Å². The molecule has 1 aromatic heterocycles. The standard InChI is InChI=1S/C18H18ClN3O2/c1-2-17(23)22-11-3-4-12(22)8-14(7-11)24-13-5-6-16-15(9-13)18(19)21-10-20-16/h2,5-6,9-12,14H,1,3-4,7-8H2. The molecule has 2 bridgehead atoms. The number of hydrogen-bond acceptors (Lipinski definition) is 4. The molecule has 2 fully saturated rings. The minimum atomic E-state index is 0.0376. The van der Waals surface area contributed by atoms with Crippen LogP contribution in [-0.2, 0) is 4.79 Å². The summed E-state index contributed by atoms with van der Waals surface area (Å²) >= 11 is 6.14. The lowest BCUT2D eigenvalue weighted by Gasteiger charge is -2.38. The number of rotatable bonds is 3. The monoisotopic (exact) mass is 343 g/mol. The molecule has 2 aromatic rings. The Labute approximate surface area is 145 Å². The zero-order chi connectivity index (χ0) is 16.7. The summed E-state index contributed by atoms with van der Waals surface area (Å²) in [6.45, 7) is 3.61. The third kappa shape index (κ3) is 2.63. The number of amides is 1. The van der Waals surface area contributed by atoms with Crippen molar-refractivity contribution >= 4 is 28.4 Å². The second-order valence-corrected chi connectivity index (χ2v) is 6.75. The molecule has 4 rings (SSSR count). The molecular formula is C18H18ClN3O2. The van der Waals surface area contributed by atoms with Crippen LogP contribution >= 0.6 is 11.6 Å². The maximum Gasteiger partial charge on any atom is 0.246 e. The van der Waals surface area contributed by atoms with Crippen molar-refractivity contribution in [2.24, 2.45) is 0 Å². The van der Waals surface area contributed by atoms with Crippen LogP contribution in [0.2, 0.25) is 5.15 Å². The maximum absolute atomic E-state index is 12.0. The van der Waals surface area contributed by atoms with Gasteiger partial charge in [0.1, 0.15) is 23.3 Å². The van der Waals surface area contributed by atoms with Crippen LogP contribution in [0.15, 0.2) is 37.2 Å². The Balaban J connectivity index is 1.52. The fourth-order valence-electron chi connectivity index (χ4n) is 3.96. The van der Waals surface area contributed by atoms with Gasteiger partial charge < -0.3 is 9.64 Å². The third-order valence-electron chi connectivity index (χ3n) is 4.98. The van der Waals surface area contributed by atoms with Crippen molar-refractivity contribution in [3.63, 3.8) is 0 Å². The summed E-state index contributed by atoms with van der Waals surface area (Å²) in [6, 6.07) is 6.21. The fraction of sp³-hybridized carbons (Fsp3) is 0.389.